The minimum atomic E-state index is 0.254. The van der Waals surface area contributed by atoms with E-state index in [-0.39, 0.29) is 5.54 Å². The smallest absolute Gasteiger partial charge is 0.0165 e. The monoisotopic (exact) mass is 254 g/mol. The lowest BCUT2D eigenvalue weighted by atomic mass is 10.1. The molecule has 0 atom stereocenters. The van der Waals surface area contributed by atoms with Gasteiger partial charge in [-0.05, 0) is 59.2 Å². The van der Waals surface area contributed by atoms with Crippen LogP contribution in [0.4, 0.5) is 0 Å². The molecule has 0 radical (unpaired) electrons. The molecule has 0 saturated carbocycles. The van der Waals surface area contributed by atoms with Crippen molar-refractivity contribution in [2.24, 2.45) is 5.92 Å². The molecule has 0 aliphatic carbocycles. The van der Waals surface area contributed by atoms with Gasteiger partial charge in [0.05, 0.1) is 0 Å². The lowest BCUT2D eigenvalue weighted by molar-refractivity contribution is 0.151. The molecular weight excluding hydrogens is 220 g/mol. The van der Waals surface area contributed by atoms with Crippen molar-refractivity contribution in [1.29, 1.82) is 0 Å². The van der Waals surface area contributed by atoms with Crippen molar-refractivity contribution < 1.29 is 0 Å². The highest BCUT2D eigenvalue weighted by molar-refractivity contribution is 4.82. The minimum absolute atomic E-state index is 0.254. The summed E-state index contributed by atoms with van der Waals surface area (Å²) in [5.41, 5.74) is 0.254. The molecule has 0 heterocycles. The first-order valence-corrected chi connectivity index (χ1v) is 7.44. The predicted octanol–water partition coefficient (Wildman–Crippen LogP) is 3.69. The molecule has 2 nitrogen and oxygen atoms in total. The maximum atomic E-state index is 3.85. The standard InChI is InChI=1S/C16H34N2/c1-7-12-18(16(4,5)6)13-10-8-9-11-17-14-15(2)3/h7,15,17H,1,8-14H2,2-6H3. The Morgan fingerprint density at radius 3 is 2.33 bits per heavy atom. The van der Waals surface area contributed by atoms with Crippen LogP contribution in [0.15, 0.2) is 12.7 Å². The molecular formula is C16H34N2. The molecule has 0 saturated heterocycles. The summed E-state index contributed by atoms with van der Waals surface area (Å²) in [5, 5.41) is 3.50. The number of nitrogens with zero attached hydrogens (tertiary/aromatic N) is 1. The minimum Gasteiger partial charge on any atom is -0.316 e. The van der Waals surface area contributed by atoms with Crippen molar-refractivity contribution in [3.63, 3.8) is 0 Å². The molecule has 1 N–H and O–H groups in total. The van der Waals surface area contributed by atoms with E-state index in [0.29, 0.717) is 0 Å². The van der Waals surface area contributed by atoms with Gasteiger partial charge in [0, 0.05) is 12.1 Å². The van der Waals surface area contributed by atoms with Gasteiger partial charge < -0.3 is 5.32 Å². The highest BCUT2D eigenvalue weighted by Gasteiger charge is 2.18. The summed E-state index contributed by atoms with van der Waals surface area (Å²) in [4.78, 5) is 2.50. The second-order valence-electron chi connectivity index (χ2n) is 6.56. The molecule has 2 heteroatoms. The Labute approximate surface area is 115 Å². The average Bonchev–Trinajstić information content (AvgIpc) is 2.24. The number of nitrogens with one attached hydrogen (secondary N) is 1. The van der Waals surface area contributed by atoms with E-state index in [1.165, 1.54) is 25.8 Å². The summed E-state index contributed by atoms with van der Waals surface area (Å²) in [6.45, 7) is 19.7. The maximum Gasteiger partial charge on any atom is 0.0165 e. The Morgan fingerprint density at radius 1 is 1.17 bits per heavy atom. The van der Waals surface area contributed by atoms with Crippen molar-refractivity contribution in [2.45, 2.75) is 59.4 Å². The van der Waals surface area contributed by atoms with Gasteiger partial charge in [0.2, 0.25) is 0 Å². The molecule has 0 aliphatic rings. The SMILES string of the molecule is C=CCN(CCCCCNCC(C)C)C(C)(C)C. The molecule has 0 spiro atoms. The van der Waals surface area contributed by atoms with Gasteiger partial charge in [0.1, 0.15) is 0 Å². The van der Waals surface area contributed by atoms with Crippen LogP contribution in [0.3, 0.4) is 0 Å². The maximum absolute atomic E-state index is 3.85. The van der Waals surface area contributed by atoms with Gasteiger partial charge in [-0.3, -0.25) is 4.90 Å². The van der Waals surface area contributed by atoms with Gasteiger partial charge >= 0.3 is 0 Å². The van der Waals surface area contributed by atoms with Crippen LogP contribution < -0.4 is 5.32 Å². The molecule has 0 unspecified atom stereocenters. The fourth-order valence-corrected chi connectivity index (χ4v) is 1.98. The van der Waals surface area contributed by atoms with Crippen LogP contribution in [0.1, 0.15) is 53.9 Å². The summed E-state index contributed by atoms with van der Waals surface area (Å²) in [5.74, 6) is 0.758. The highest BCUT2D eigenvalue weighted by atomic mass is 15.2. The lowest BCUT2D eigenvalue weighted by Gasteiger charge is -2.34. The number of rotatable bonds is 10. The molecule has 0 bridgehead atoms. The topological polar surface area (TPSA) is 15.3 Å². The van der Waals surface area contributed by atoms with Crippen LogP contribution in [0.25, 0.3) is 0 Å². The van der Waals surface area contributed by atoms with E-state index in [1.807, 2.05) is 6.08 Å². The fourth-order valence-electron chi connectivity index (χ4n) is 1.98. The van der Waals surface area contributed by atoms with Crippen LogP contribution in [0, 0.1) is 5.92 Å². The second-order valence-corrected chi connectivity index (χ2v) is 6.56. The van der Waals surface area contributed by atoms with Crippen molar-refractivity contribution in [1.82, 2.24) is 10.2 Å². The molecule has 0 aromatic rings. The highest BCUT2D eigenvalue weighted by Crippen LogP contribution is 2.14. The van der Waals surface area contributed by atoms with E-state index in [0.717, 1.165) is 25.6 Å². The fraction of sp³-hybridized carbons (Fsp3) is 0.875. The Balaban J connectivity index is 3.59. The third-order valence-electron chi connectivity index (χ3n) is 3.13. The van der Waals surface area contributed by atoms with Gasteiger partial charge in [0.25, 0.3) is 0 Å². The second kappa shape index (κ2) is 9.57. The Kier molecular flexibility index (Phi) is 9.39. The molecule has 108 valence electrons. The summed E-state index contributed by atoms with van der Waals surface area (Å²) in [6.07, 6.45) is 5.90. The van der Waals surface area contributed by atoms with E-state index in [4.69, 9.17) is 0 Å². The average molecular weight is 254 g/mol. The zero-order valence-corrected chi connectivity index (χ0v) is 13.3. The van der Waals surface area contributed by atoms with Crippen LogP contribution in [0.5, 0.6) is 0 Å². The zero-order valence-electron chi connectivity index (χ0n) is 13.3. The molecule has 0 amide bonds. The molecule has 0 rings (SSSR count). The molecule has 0 aliphatic heterocycles. The van der Waals surface area contributed by atoms with E-state index < -0.39 is 0 Å². The number of hydrogen-bond donors (Lipinski definition) is 1. The van der Waals surface area contributed by atoms with E-state index in [9.17, 15) is 0 Å². The molecule has 0 aromatic carbocycles. The van der Waals surface area contributed by atoms with Crippen LogP contribution in [-0.2, 0) is 0 Å². The van der Waals surface area contributed by atoms with Gasteiger partial charge in [-0.1, -0.05) is 26.3 Å². The third kappa shape index (κ3) is 9.67. The first-order valence-electron chi connectivity index (χ1n) is 7.44. The summed E-state index contributed by atoms with van der Waals surface area (Å²) in [7, 11) is 0. The van der Waals surface area contributed by atoms with Crippen molar-refractivity contribution >= 4 is 0 Å². The van der Waals surface area contributed by atoms with Crippen LogP contribution in [0.2, 0.25) is 0 Å². The summed E-state index contributed by atoms with van der Waals surface area (Å²) in [6, 6.07) is 0. The normalized spacial score (nSPS) is 12.4. The number of hydrogen-bond acceptors (Lipinski definition) is 2. The van der Waals surface area contributed by atoms with Gasteiger partial charge in [-0.25, -0.2) is 0 Å². The summed E-state index contributed by atoms with van der Waals surface area (Å²) < 4.78 is 0. The van der Waals surface area contributed by atoms with Crippen molar-refractivity contribution in [3.05, 3.63) is 12.7 Å². The first kappa shape index (κ1) is 17.7. The van der Waals surface area contributed by atoms with E-state index in [2.05, 4.69) is 51.4 Å². The van der Waals surface area contributed by atoms with Crippen LogP contribution in [-0.4, -0.2) is 36.6 Å². The predicted molar refractivity (Wildman–Crippen MR) is 83.1 cm³/mol. The first-order chi connectivity index (χ1) is 8.38. The van der Waals surface area contributed by atoms with Gasteiger partial charge in [-0.15, -0.1) is 6.58 Å². The van der Waals surface area contributed by atoms with Crippen LogP contribution >= 0.6 is 0 Å². The van der Waals surface area contributed by atoms with Gasteiger partial charge in [-0.2, -0.15) is 0 Å². The Bertz CT molecular complexity index is 204. The van der Waals surface area contributed by atoms with E-state index in [1.54, 1.807) is 0 Å². The number of unbranched alkanes of at least 4 members (excludes halogenated alkanes) is 2. The summed E-state index contributed by atoms with van der Waals surface area (Å²) >= 11 is 0. The molecule has 18 heavy (non-hydrogen) atoms. The zero-order chi connectivity index (χ0) is 14.0. The van der Waals surface area contributed by atoms with Crippen molar-refractivity contribution in [3.8, 4) is 0 Å². The van der Waals surface area contributed by atoms with Crippen molar-refractivity contribution in [2.75, 3.05) is 26.2 Å². The third-order valence-corrected chi connectivity index (χ3v) is 3.13. The quantitative estimate of drug-likeness (QED) is 0.472. The molecule has 0 aromatic heterocycles. The Hall–Kier alpha value is -0.340. The largest absolute Gasteiger partial charge is 0.316 e. The molecule has 0 fully saturated rings. The lowest BCUT2D eigenvalue weighted by Crippen LogP contribution is -2.42. The Morgan fingerprint density at radius 2 is 1.83 bits per heavy atom. The van der Waals surface area contributed by atoms with Gasteiger partial charge in [0.15, 0.2) is 0 Å². The van der Waals surface area contributed by atoms with E-state index >= 15 is 0 Å².